The van der Waals surface area contributed by atoms with E-state index in [4.69, 9.17) is 10.5 Å². The predicted molar refractivity (Wildman–Crippen MR) is 110 cm³/mol. The fourth-order valence-corrected chi connectivity index (χ4v) is 4.01. The second-order valence-electron chi connectivity index (χ2n) is 7.18. The summed E-state index contributed by atoms with van der Waals surface area (Å²) < 4.78 is 6.05. The largest absolute Gasteiger partial charge is 0.487 e. The third-order valence-electron chi connectivity index (χ3n) is 5.44. The number of primary amides is 1. The molecular weight excluding hydrogens is 364 g/mol. The van der Waals surface area contributed by atoms with Gasteiger partial charge in [-0.25, -0.2) is 0 Å². The van der Waals surface area contributed by atoms with Crippen molar-refractivity contribution in [2.75, 3.05) is 6.54 Å². The molecule has 0 unspecified atom stereocenters. The van der Waals surface area contributed by atoms with Gasteiger partial charge in [-0.05, 0) is 49.7 Å². The Bertz CT molecular complexity index is 965. The van der Waals surface area contributed by atoms with Gasteiger partial charge in [0.1, 0.15) is 17.9 Å². The van der Waals surface area contributed by atoms with Gasteiger partial charge in [0.2, 0.25) is 5.91 Å². The molecule has 3 heterocycles. The zero-order valence-corrected chi connectivity index (χ0v) is 16.2. The van der Waals surface area contributed by atoms with E-state index in [0.717, 1.165) is 30.0 Å². The number of aromatic nitrogens is 2. The van der Waals surface area contributed by atoms with E-state index < -0.39 is 5.54 Å². The lowest BCUT2D eigenvalue weighted by Gasteiger charge is -2.35. The molecule has 1 aliphatic heterocycles. The molecule has 1 fully saturated rings. The molecule has 0 bridgehead atoms. The number of ether oxygens (including phenoxy) is 1. The summed E-state index contributed by atoms with van der Waals surface area (Å²) in [5.74, 6) is 0.421. The second kappa shape index (κ2) is 8.41. The van der Waals surface area contributed by atoms with Crippen LogP contribution in [0, 0.1) is 0 Å². The van der Waals surface area contributed by atoms with E-state index in [0.29, 0.717) is 25.3 Å². The minimum Gasteiger partial charge on any atom is -0.487 e. The Morgan fingerprint density at radius 2 is 1.79 bits per heavy atom. The van der Waals surface area contributed by atoms with Gasteiger partial charge in [0, 0.05) is 24.5 Å². The highest BCUT2D eigenvalue weighted by Crippen LogP contribution is 2.39. The molecule has 1 atom stereocenters. The van der Waals surface area contributed by atoms with Gasteiger partial charge in [0.25, 0.3) is 0 Å². The van der Waals surface area contributed by atoms with E-state index in [1.54, 1.807) is 12.4 Å². The Kier molecular flexibility index (Phi) is 5.53. The first-order valence-electron chi connectivity index (χ1n) is 9.77. The Hall–Kier alpha value is -3.25. The Labute approximate surface area is 170 Å². The molecule has 0 saturated carbocycles. The first-order valence-corrected chi connectivity index (χ1v) is 9.77. The average molecular weight is 388 g/mol. The number of carbonyl (C=O) groups is 1. The summed E-state index contributed by atoms with van der Waals surface area (Å²) in [7, 11) is 0. The average Bonchev–Trinajstić information content (AvgIpc) is 3.19. The highest BCUT2D eigenvalue weighted by atomic mass is 16.5. The first kappa shape index (κ1) is 19.1. The smallest absolute Gasteiger partial charge is 0.244 e. The van der Waals surface area contributed by atoms with Crippen molar-refractivity contribution in [2.45, 2.75) is 31.5 Å². The molecular formula is C23H24N4O2. The Balaban J connectivity index is 1.59. The van der Waals surface area contributed by atoms with Crippen LogP contribution >= 0.6 is 0 Å². The number of hydrogen-bond donors (Lipinski definition) is 1. The predicted octanol–water partition coefficient (Wildman–Crippen LogP) is 3.03. The molecule has 2 aromatic heterocycles. The number of carbonyl (C=O) groups excluding carboxylic acids is 1. The molecule has 2 N–H and O–H groups in total. The van der Waals surface area contributed by atoms with Crippen LogP contribution in [0.5, 0.6) is 5.75 Å². The molecule has 6 heteroatoms. The van der Waals surface area contributed by atoms with Crippen molar-refractivity contribution in [1.82, 2.24) is 14.9 Å². The maximum atomic E-state index is 12.6. The minimum absolute atomic E-state index is 0.361. The minimum atomic E-state index is -0.893. The summed E-state index contributed by atoms with van der Waals surface area (Å²) in [5.41, 5.74) is 7.60. The monoisotopic (exact) mass is 388 g/mol. The van der Waals surface area contributed by atoms with Crippen LogP contribution in [0.2, 0.25) is 0 Å². The van der Waals surface area contributed by atoms with E-state index in [2.05, 4.69) is 14.9 Å². The molecule has 0 spiro atoms. The van der Waals surface area contributed by atoms with Gasteiger partial charge >= 0.3 is 0 Å². The maximum absolute atomic E-state index is 12.6. The highest BCUT2D eigenvalue weighted by molar-refractivity contribution is 5.86. The maximum Gasteiger partial charge on any atom is 0.244 e. The molecule has 1 aliphatic rings. The number of amides is 1. The van der Waals surface area contributed by atoms with Crippen LogP contribution in [0.1, 0.15) is 29.8 Å². The molecule has 29 heavy (non-hydrogen) atoms. The van der Waals surface area contributed by atoms with Crippen LogP contribution < -0.4 is 10.5 Å². The van der Waals surface area contributed by atoms with E-state index >= 15 is 0 Å². The van der Waals surface area contributed by atoms with Crippen molar-refractivity contribution in [1.29, 1.82) is 0 Å². The molecule has 6 nitrogen and oxygen atoms in total. The van der Waals surface area contributed by atoms with Crippen molar-refractivity contribution >= 4 is 5.91 Å². The van der Waals surface area contributed by atoms with Crippen LogP contribution in [-0.2, 0) is 23.5 Å². The summed E-state index contributed by atoms with van der Waals surface area (Å²) >= 11 is 0. The van der Waals surface area contributed by atoms with Gasteiger partial charge in [-0.15, -0.1) is 0 Å². The molecule has 1 saturated heterocycles. The van der Waals surface area contributed by atoms with Gasteiger partial charge in [-0.2, -0.15) is 0 Å². The highest BCUT2D eigenvalue weighted by Gasteiger charge is 2.48. The molecule has 3 aromatic rings. The van der Waals surface area contributed by atoms with Gasteiger partial charge in [-0.1, -0.05) is 30.3 Å². The van der Waals surface area contributed by atoms with Gasteiger partial charge in [0.05, 0.1) is 11.4 Å². The molecule has 0 aliphatic carbocycles. The summed E-state index contributed by atoms with van der Waals surface area (Å²) in [4.78, 5) is 23.5. The SMILES string of the molecule is NC(=O)[C@]1(c2ccccn2)CCCN1Cc1ccccc1OCc1ccccn1. The molecule has 1 aromatic carbocycles. The number of likely N-dealkylation sites (tertiary alicyclic amines) is 1. The quantitative estimate of drug-likeness (QED) is 0.673. The number of pyridine rings is 2. The second-order valence-corrected chi connectivity index (χ2v) is 7.18. The van der Waals surface area contributed by atoms with Crippen molar-refractivity contribution in [3.05, 3.63) is 90.0 Å². The number of benzene rings is 1. The summed E-state index contributed by atoms with van der Waals surface area (Å²) in [6, 6.07) is 19.3. The third kappa shape index (κ3) is 3.84. The molecule has 1 amide bonds. The standard InChI is InChI=1S/C23H24N4O2/c24-22(28)23(21-11-4-6-14-26-21)12-7-15-27(23)16-18-8-1-2-10-20(18)29-17-19-9-3-5-13-25-19/h1-6,8-11,13-14H,7,12,15-17H2,(H2,24,28)/t23-/m1/s1. The summed E-state index contributed by atoms with van der Waals surface area (Å²) in [6.45, 7) is 1.71. The summed E-state index contributed by atoms with van der Waals surface area (Å²) in [6.07, 6.45) is 5.01. The van der Waals surface area contributed by atoms with E-state index in [1.807, 2.05) is 60.7 Å². The Morgan fingerprint density at radius 3 is 2.52 bits per heavy atom. The lowest BCUT2D eigenvalue weighted by Crippen LogP contribution is -2.51. The Morgan fingerprint density at radius 1 is 1.03 bits per heavy atom. The van der Waals surface area contributed by atoms with Gasteiger partial charge in [0.15, 0.2) is 0 Å². The lowest BCUT2D eigenvalue weighted by molar-refractivity contribution is -0.129. The first-order chi connectivity index (χ1) is 14.2. The van der Waals surface area contributed by atoms with Crippen LogP contribution in [0.25, 0.3) is 0 Å². The fraction of sp³-hybridized carbons (Fsp3) is 0.261. The zero-order chi connectivity index (χ0) is 20.1. The number of rotatable bonds is 7. The zero-order valence-electron chi connectivity index (χ0n) is 16.2. The van der Waals surface area contributed by atoms with Crippen LogP contribution in [-0.4, -0.2) is 27.3 Å². The van der Waals surface area contributed by atoms with E-state index in [1.165, 1.54) is 0 Å². The van der Waals surface area contributed by atoms with Gasteiger partial charge < -0.3 is 10.5 Å². The molecule has 148 valence electrons. The number of nitrogens with two attached hydrogens (primary N) is 1. The van der Waals surface area contributed by atoms with Crippen molar-refractivity contribution in [2.24, 2.45) is 5.73 Å². The van der Waals surface area contributed by atoms with Crippen LogP contribution in [0.15, 0.2) is 73.1 Å². The fourth-order valence-electron chi connectivity index (χ4n) is 4.01. The summed E-state index contributed by atoms with van der Waals surface area (Å²) in [5, 5.41) is 0. The number of hydrogen-bond acceptors (Lipinski definition) is 5. The van der Waals surface area contributed by atoms with Crippen molar-refractivity contribution in [3.63, 3.8) is 0 Å². The molecule has 4 rings (SSSR count). The molecule has 0 radical (unpaired) electrons. The van der Waals surface area contributed by atoms with Crippen molar-refractivity contribution in [3.8, 4) is 5.75 Å². The van der Waals surface area contributed by atoms with Crippen LogP contribution in [0.3, 0.4) is 0 Å². The third-order valence-corrected chi connectivity index (χ3v) is 5.44. The van der Waals surface area contributed by atoms with Gasteiger partial charge in [-0.3, -0.25) is 19.7 Å². The van der Waals surface area contributed by atoms with E-state index in [-0.39, 0.29) is 5.91 Å². The lowest BCUT2D eigenvalue weighted by atomic mass is 9.90. The number of nitrogens with zero attached hydrogens (tertiary/aromatic N) is 3. The van der Waals surface area contributed by atoms with Crippen LogP contribution in [0.4, 0.5) is 0 Å². The van der Waals surface area contributed by atoms with E-state index in [9.17, 15) is 4.79 Å². The number of para-hydroxylation sites is 1. The van der Waals surface area contributed by atoms with Crippen molar-refractivity contribution < 1.29 is 9.53 Å². The topological polar surface area (TPSA) is 81.3 Å². The normalized spacial score (nSPS) is 19.2.